The topological polar surface area (TPSA) is 64.0 Å². The zero-order valence-electron chi connectivity index (χ0n) is 9.89. The number of hydrogen-bond acceptors (Lipinski definition) is 3. The van der Waals surface area contributed by atoms with Gasteiger partial charge in [0.05, 0.1) is 18.0 Å². The van der Waals surface area contributed by atoms with Crippen LogP contribution in [0, 0.1) is 0 Å². The lowest BCUT2D eigenvalue weighted by Crippen LogP contribution is -2.26. The molecule has 0 aliphatic rings. The lowest BCUT2D eigenvalue weighted by Gasteiger charge is -2.06. The molecule has 1 heterocycles. The summed E-state index contributed by atoms with van der Waals surface area (Å²) in [6, 6.07) is 1.79. The van der Waals surface area contributed by atoms with Crippen LogP contribution in [-0.4, -0.2) is 29.8 Å². The van der Waals surface area contributed by atoms with E-state index in [2.05, 4.69) is 9.82 Å². The molecule has 1 aromatic rings. The second kappa shape index (κ2) is 6.98. The number of rotatable bonds is 8. The molecule has 0 atom stereocenters. The number of unbranched alkanes of at least 4 members (excludes halogenated alkanes) is 2. The Morgan fingerprint density at radius 1 is 1.41 bits per heavy atom. The molecule has 0 bridgehead atoms. The van der Waals surface area contributed by atoms with Gasteiger partial charge in [-0.05, 0) is 18.9 Å². The monoisotopic (exact) mass is 279 g/mol. The molecule has 0 aliphatic carbocycles. The fourth-order valence-electron chi connectivity index (χ4n) is 1.39. The van der Waals surface area contributed by atoms with E-state index in [9.17, 15) is 8.42 Å². The molecule has 98 valence electrons. The molecule has 0 saturated carbocycles. The minimum atomic E-state index is -3.19. The third-order valence-electron chi connectivity index (χ3n) is 2.44. The van der Waals surface area contributed by atoms with Crippen molar-refractivity contribution in [3.05, 3.63) is 18.0 Å². The highest BCUT2D eigenvalue weighted by molar-refractivity contribution is 7.89. The smallest absolute Gasteiger partial charge is 0.211 e. The molecule has 0 unspecified atom stereocenters. The first-order valence-corrected chi connectivity index (χ1v) is 7.74. The van der Waals surface area contributed by atoms with Crippen molar-refractivity contribution in [1.82, 2.24) is 14.5 Å². The first-order valence-electron chi connectivity index (χ1n) is 5.55. The van der Waals surface area contributed by atoms with Gasteiger partial charge in [0.25, 0.3) is 0 Å². The van der Waals surface area contributed by atoms with E-state index in [-0.39, 0.29) is 12.3 Å². The van der Waals surface area contributed by atoms with Crippen molar-refractivity contribution in [3.8, 4) is 0 Å². The Balaban J connectivity index is 2.32. The Labute approximate surface area is 107 Å². The van der Waals surface area contributed by atoms with Gasteiger partial charge in [0.2, 0.25) is 10.0 Å². The Kier molecular flexibility index (Phi) is 5.94. The third-order valence-corrected chi connectivity index (χ3v) is 4.12. The fourth-order valence-corrected chi connectivity index (χ4v) is 2.68. The summed E-state index contributed by atoms with van der Waals surface area (Å²) in [4.78, 5) is 0. The van der Waals surface area contributed by atoms with Crippen LogP contribution in [0.3, 0.4) is 0 Å². The zero-order chi connectivity index (χ0) is 12.7. The van der Waals surface area contributed by atoms with Crippen LogP contribution in [0.2, 0.25) is 0 Å². The van der Waals surface area contributed by atoms with Gasteiger partial charge in [-0.3, -0.25) is 4.68 Å². The van der Waals surface area contributed by atoms with E-state index < -0.39 is 10.0 Å². The van der Waals surface area contributed by atoms with Crippen molar-refractivity contribution in [1.29, 1.82) is 0 Å². The summed E-state index contributed by atoms with van der Waals surface area (Å²) in [7, 11) is -1.41. The van der Waals surface area contributed by atoms with Crippen molar-refractivity contribution in [2.75, 3.05) is 11.6 Å². The van der Waals surface area contributed by atoms with Crippen molar-refractivity contribution < 1.29 is 8.42 Å². The van der Waals surface area contributed by atoms with Gasteiger partial charge in [-0.2, -0.15) is 5.10 Å². The van der Waals surface area contributed by atoms with Crippen molar-refractivity contribution in [2.45, 2.75) is 25.8 Å². The van der Waals surface area contributed by atoms with Crippen LogP contribution in [0.4, 0.5) is 0 Å². The summed E-state index contributed by atoms with van der Waals surface area (Å²) in [5.41, 5.74) is 0.842. The van der Waals surface area contributed by atoms with Gasteiger partial charge in [-0.25, -0.2) is 13.1 Å². The number of aryl methyl sites for hydroxylation is 1. The zero-order valence-corrected chi connectivity index (χ0v) is 11.5. The molecular formula is C10H18ClN3O2S. The van der Waals surface area contributed by atoms with Gasteiger partial charge in [0.15, 0.2) is 0 Å². The summed E-state index contributed by atoms with van der Waals surface area (Å²) in [5.74, 6) is 0.740. The number of nitrogens with one attached hydrogen (secondary N) is 1. The Hall–Kier alpha value is -0.590. The summed E-state index contributed by atoms with van der Waals surface area (Å²) < 4.78 is 27.5. The molecule has 17 heavy (non-hydrogen) atoms. The average Bonchev–Trinajstić information content (AvgIpc) is 2.68. The molecular weight excluding hydrogens is 262 g/mol. The lowest BCUT2D eigenvalue weighted by atomic mass is 10.3. The molecule has 0 radical (unpaired) electrons. The third kappa shape index (κ3) is 5.52. The molecule has 0 spiro atoms. The Bertz CT molecular complexity index is 431. The lowest BCUT2D eigenvalue weighted by molar-refractivity contribution is 0.572. The van der Waals surface area contributed by atoms with Gasteiger partial charge < -0.3 is 0 Å². The second-order valence-electron chi connectivity index (χ2n) is 3.84. The first-order chi connectivity index (χ1) is 8.05. The summed E-state index contributed by atoms with van der Waals surface area (Å²) in [6.07, 6.45) is 3.99. The SMILES string of the molecule is Cn1nccc1CNS(=O)(=O)CCCCCCl. The Morgan fingerprint density at radius 3 is 2.76 bits per heavy atom. The number of halogens is 1. The van der Waals surface area contributed by atoms with Crippen molar-refractivity contribution in [3.63, 3.8) is 0 Å². The minimum absolute atomic E-state index is 0.155. The largest absolute Gasteiger partial charge is 0.271 e. The van der Waals surface area contributed by atoms with E-state index in [4.69, 9.17) is 11.6 Å². The standard InChI is InChI=1S/C10H18ClN3O2S/c1-14-10(5-7-12-14)9-13-17(15,16)8-4-2-3-6-11/h5,7,13H,2-4,6,8-9H2,1H3. The number of alkyl halides is 1. The highest BCUT2D eigenvalue weighted by Gasteiger charge is 2.10. The van der Waals surface area contributed by atoms with E-state index in [0.29, 0.717) is 12.3 Å². The molecule has 0 aliphatic heterocycles. The summed E-state index contributed by atoms with van der Waals surface area (Å²) >= 11 is 5.52. The van der Waals surface area contributed by atoms with Crippen molar-refractivity contribution in [2.24, 2.45) is 7.05 Å². The van der Waals surface area contributed by atoms with E-state index in [0.717, 1.165) is 18.5 Å². The van der Waals surface area contributed by atoms with Gasteiger partial charge >= 0.3 is 0 Å². The quantitative estimate of drug-likeness (QED) is 0.575. The normalized spacial score (nSPS) is 11.9. The number of aromatic nitrogens is 2. The minimum Gasteiger partial charge on any atom is -0.271 e. The molecule has 1 N–H and O–H groups in total. The average molecular weight is 280 g/mol. The predicted molar refractivity (Wildman–Crippen MR) is 68.4 cm³/mol. The van der Waals surface area contributed by atoms with E-state index in [1.807, 2.05) is 0 Å². The molecule has 5 nitrogen and oxygen atoms in total. The van der Waals surface area contributed by atoms with Gasteiger partial charge in [0.1, 0.15) is 0 Å². The molecule has 1 aromatic heterocycles. The van der Waals surface area contributed by atoms with Crippen LogP contribution in [0.1, 0.15) is 25.0 Å². The highest BCUT2D eigenvalue weighted by atomic mass is 35.5. The van der Waals surface area contributed by atoms with E-state index in [1.165, 1.54) is 0 Å². The van der Waals surface area contributed by atoms with Crippen LogP contribution >= 0.6 is 11.6 Å². The van der Waals surface area contributed by atoms with Crippen LogP contribution in [0.15, 0.2) is 12.3 Å². The molecule has 0 fully saturated rings. The predicted octanol–water partition coefficient (Wildman–Crippen LogP) is 1.25. The maximum absolute atomic E-state index is 11.6. The van der Waals surface area contributed by atoms with E-state index in [1.54, 1.807) is 24.0 Å². The van der Waals surface area contributed by atoms with Gasteiger partial charge in [-0.1, -0.05) is 6.42 Å². The maximum atomic E-state index is 11.6. The van der Waals surface area contributed by atoms with Crippen LogP contribution in [-0.2, 0) is 23.6 Å². The van der Waals surface area contributed by atoms with Crippen LogP contribution < -0.4 is 4.72 Å². The molecule has 0 aromatic carbocycles. The first kappa shape index (κ1) is 14.5. The molecule has 1 rings (SSSR count). The maximum Gasteiger partial charge on any atom is 0.211 e. The molecule has 0 amide bonds. The number of nitrogens with zero attached hydrogens (tertiary/aromatic N) is 2. The van der Waals surface area contributed by atoms with Crippen molar-refractivity contribution >= 4 is 21.6 Å². The summed E-state index contributed by atoms with van der Waals surface area (Å²) in [5, 5.41) is 3.97. The van der Waals surface area contributed by atoms with Crippen LogP contribution in [0.25, 0.3) is 0 Å². The second-order valence-corrected chi connectivity index (χ2v) is 6.14. The van der Waals surface area contributed by atoms with Gasteiger partial charge in [-0.15, -0.1) is 11.6 Å². The molecule has 0 saturated heterocycles. The van der Waals surface area contributed by atoms with Gasteiger partial charge in [0, 0.05) is 19.1 Å². The van der Waals surface area contributed by atoms with Crippen LogP contribution in [0.5, 0.6) is 0 Å². The summed E-state index contributed by atoms with van der Waals surface area (Å²) in [6.45, 7) is 0.286. The number of hydrogen-bond donors (Lipinski definition) is 1. The van der Waals surface area contributed by atoms with E-state index >= 15 is 0 Å². The Morgan fingerprint density at radius 2 is 2.18 bits per heavy atom. The number of sulfonamides is 1. The fraction of sp³-hybridized carbons (Fsp3) is 0.700. The highest BCUT2D eigenvalue weighted by Crippen LogP contribution is 2.02. The molecule has 7 heteroatoms.